The van der Waals surface area contributed by atoms with E-state index in [0.717, 1.165) is 9.86 Å². The Labute approximate surface area is 77.5 Å². The minimum absolute atomic E-state index is 0.516. The van der Waals surface area contributed by atoms with Gasteiger partial charge in [0.25, 0.3) is 0 Å². The van der Waals surface area contributed by atoms with Crippen molar-refractivity contribution in [2.45, 2.75) is 0 Å². The van der Waals surface area contributed by atoms with Gasteiger partial charge in [-0.2, -0.15) is 0 Å². The maximum absolute atomic E-state index is 10.3. The highest BCUT2D eigenvalue weighted by Crippen LogP contribution is 2.16. The lowest BCUT2D eigenvalue weighted by molar-refractivity contribution is 0.112. The number of carbonyl (C=O) groups is 1. The molecule has 0 saturated carbocycles. The topological polar surface area (TPSA) is 17.1 Å². The summed E-state index contributed by atoms with van der Waals surface area (Å²) in [6, 6.07) is 5.30. The highest BCUT2D eigenvalue weighted by molar-refractivity contribution is 14.1. The van der Waals surface area contributed by atoms with Crippen molar-refractivity contribution in [1.29, 1.82) is 0 Å². The second kappa shape index (κ2) is 3.34. The molecule has 0 bridgehead atoms. The third-order valence-corrected chi connectivity index (χ3v) is 2.09. The molecule has 1 aromatic carbocycles. The zero-order valence-corrected chi connectivity index (χ0v) is 7.89. The van der Waals surface area contributed by atoms with Crippen molar-refractivity contribution >= 4 is 40.5 Å². The number of hydrogen-bond acceptors (Lipinski definition) is 1. The Balaban J connectivity index is 3.19. The van der Waals surface area contributed by atoms with Crippen LogP contribution in [0.15, 0.2) is 18.2 Å². The van der Waals surface area contributed by atoms with Gasteiger partial charge in [-0.25, -0.2) is 0 Å². The summed E-state index contributed by atoms with van der Waals surface area (Å²) in [7, 11) is 0. The first-order valence-electron chi connectivity index (χ1n) is 2.64. The molecular formula is C7H4ClIO. The van der Waals surface area contributed by atoms with Crippen molar-refractivity contribution in [2.24, 2.45) is 0 Å². The summed E-state index contributed by atoms with van der Waals surface area (Å²) >= 11 is 7.83. The first-order valence-corrected chi connectivity index (χ1v) is 4.10. The lowest BCUT2D eigenvalue weighted by atomic mass is 10.2. The number of aldehydes is 1. The Morgan fingerprint density at radius 1 is 1.50 bits per heavy atom. The molecule has 1 aromatic rings. The normalized spacial score (nSPS) is 9.40. The molecule has 0 aliphatic carbocycles. The third kappa shape index (κ3) is 1.70. The molecule has 0 fully saturated rings. The van der Waals surface area contributed by atoms with E-state index >= 15 is 0 Å². The fourth-order valence-electron chi connectivity index (χ4n) is 0.597. The monoisotopic (exact) mass is 266 g/mol. The van der Waals surface area contributed by atoms with Gasteiger partial charge in [-0.05, 0) is 40.8 Å². The van der Waals surface area contributed by atoms with Crippen LogP contribution >= 0.6 is 34.2 Å². The smallest absolute Gasteiger partial charge is 0.151 e. The molecule has 0 amide bonds. The second-order valence-electron chi connectivity index (χ2n) is 1.78. The van der Waals surface area contributed by atoms with E-state index in [1.165, 1.54) is 0 Å². The molecule has 0 radical (unpaired) electrons. The third-order valence-electron chi connectivity index (χ3n) is 1.09. The van der Waals surface area contributed by atoms with Crippen molar-refractivity contribution < 1.29 is 4.79 Å². The molecule has 0 aromatic heterocycles. The van der Waals surface area contributed by atoms with Crippen LogP contribution in [0.3, 0.4) is 0 Å². The summed E-state index contributed by atoms with van der Waals surface area (Å²) in [5.41, 5.74) is 0.544. The Bertz CT molecular complexity index is 260. The maximum Gasteiger partial charge on any atom is 0.151 e. The molecule has 10 heavy (non-hydrogen) atoms. The van der Waals surface area contributed by atoms with Crippen LogP contribution in [0.2, 0.25) is 5.02 Å². The van der Waals surface area contributed by atoms with Crippen LogP contribution in [0.4, 0.5) is 0 Å². The highest BCUT2D eigenvalue weighted by atomic mass is 127. The molecule has 52 valence electrons. The van der Waals surface area contributed by atoms with Crippen LogP contribution in [-0.4, -0.2) is 6.29 Å². The molecule has 0 N–H and O–H groups in total. The number of rotatable bonds is 1. The average molecular weight is 266 g/mol. The van der Waals surface area contributed by atoms with E-state index in [1.807, 2.05) is 6.07 Å². The van der Waals surface area contributed by atoms with Crippen LogP contribution in [0.25, 0.3) is 0 Å². The predicted molar refractivity (Wildman–Crippen MR) is 49.6 cm³/mol. The molecule has 1 rings (SSSR count). The predicted octanol–water partition coefficient (Wildman–Crippen LogP) is 2.76. The standard InChI is InChI=1S/C7H4ClIO/c8-7-3-6(9)2-1-5(7)4-10/h1-4H. The molecule has 0 aliphatic rings. The molecule has 0 aliphatic heterocycles. The fraction of sp³-hybridized carbons (Fsp3) is 0. The fourth-order valence-corrected chi connectivity index (χ4v) is 1.50. The van der Waals surface area contributed by atoms with Gasteiger partial charge in [0.2, 0.25) is 0 Å². The SMILES string of the molecule is O=Cc1ccc(I)cc1Cl. The molecule has 1 nitrogen and oxygen atoms in total. The van der Waals surface area contributed by atoms with E-state index in [1.54, 1.807) is 12.1 Å². The van der Waals surface area contributed by atoms with Crippen LogP contribution in [0.1, 0.15) is 10.4 Å². The van der Waals surface area contributed by atoms with Crippen molar-refractivity contribution in [3.63, 3.8) is 0 Å². The summed E-state index contributed by atoms with van der Waals surface area (Å²) in [6.07, 6.45) is 0.748. The lowest BCUT2D eigenvalue weighted by Crippen LogP contribution is -1.81. The Hall–Kier alpha value is -0.0900. The van der Waals surface area contributed by atoms with Crippen LogP contribution in [0, 0.1) is 3.57 Å². The van der Waals surface area contributed by atoms with E-state index in [0.29, 0.717) is 10.6 Å². The van der Waals surface area contributed by atoms with E-state index < -0.39 is 0 Å². The van der Waals surface area contributed by atoms with Crippen molar-refractivity contribution in [3.8, 4) is 0 Å². The van der Waals surface area contributed by atoms with Crippen molar-refractivity contribution in [1.82, 2.24) is 0 Å². The number of carbonyl (C=O) groups excluding carboxylic acids is 1. The van der Waals surface area contributed by atoms with Gasteiger partial charge in [0.05, 0.1) is 5.02 Å². The molecule has 0 saturated heterocycles. The highest BCUT2D eigenvalue weighted by Gasteiger charge is 1.96. The largest absolute Gasteiger partial charge is 0.298 e. The molecular weight excluding hydrogens is 262 g/mol. The average Bonchev–Trinajstić information content (AvgIpc) is 1.88. The van der Waals surface area contributed by atoms with Gasteiger partial charge >= 0.3 is 0 Å². The van der Waals surface area contributed by atoms with E-state index in [2.05, 4.69) is 22.6 Å². The van der Waals surface area contributed by atoms with E-state index in [9.17, 15) is 4.79 Å². The number of hydrogen-bond donors (Lipinski definition) is 0. The van der Waals surface area contributed by atoms with Gasteiger partial charge in [-0.15, -0.1) is 0 Å². The van der Waals surface area contributed by atoms with Crippen LogP contribution < -0.4 is 0 Å². The van der Waals surface area contributed by atoms with Gasteiger partial charge < -0.3 is 0 Å². The minimum Gasteiger partial charge on any atom is -0.298 e. The molecule has 0 atom stereocenters. The van der Waals surface area contributed by atoms with Gasteiger partial charge in [-0.1, -0.05) is 11.6 Å². The van der Waals surface area contributed by atoms with E-state index in [4.69, 9.17) is 11.6 Å². The maximum atomic E-state index is 10.3. The first-order chi connectivity index (χ1) is 4.74. The van der Waals surface area contributed by atoms with Crippen LogP contribution in [0.5, 0.6) is 0 Å². The lowest BCUT2D eigenvalue weighted by Gasteiger charge is -1.94. The summed E-state index contributed by atoms with van der Waals surface area (Å²) in [5.74, 6) is 0. The zero-order valence-electron chi connectivity index (χ0n) is 4.97. The Kier molecular flexibility index (Phi) is 2.68. The van der Waals surface area contributed by atoms with Gasteiger partial charge in [0.15, 0.2) is 6.29 Å². The van der Waals surface area contributed by atoms with Crippen molar-refractivity contribution in [3.05, 3.63) is 32.4 Å². The van der Waals surface area contributed by atoms with Gasteiger partial charge in [-0.3, -0.25) is 4.79 Å². The van der Waals surface area contributed by atoms with Crippen LogP contribution in [-0.2, 0) is 0 Å². The van der Waals surface area contributed by atoms with Crippen molar-refractivity contribution in [2.75, 3.05) is 0 Å². The second-order valence-corrected chi connectivity index (χ2v) is 3.44. The van der Waals surface area contributed by atoms with Gasteiger partial charge in [0, 0.05) is 9.13 Å². The summed E-state index contributed by atoms with van der Waals surface area (Å²) in [4.78, 5) is 10.3. The molecule has 0 spiro atoms. The number of halogens is 2. The molecule has 0 heterocycles. The first kappa shape index (κ1) is 8.01. The Morgan fingerprint density at radius 2 is 2.20 bits per heavy atom. The molecule has 0 unspecified atom stereocenters. The quantitative estimate of drug-likeness (QED) is 0.564. The molecule has 3 heteroatoms. The summed E-state index contributed by atoms with van der Waals surface area (Å²) in [5, 5.41) is 0.516. The summed E-state index contributed by atoms with van der Waals surface area (Å²) in [6.45, 7) is 0. The zero-order chi connectivity index (χ0) is 7.56. The Morgan fingerprint density at radius 3 is 2.70 bits per heavy atom. The minimum atomic E-state index is 0.516. The number of benzene rings is 1. The van der Waals surface area contributed by atoms with Gasteiger partial charge in [0.1, 0.15) is 0 Å². The summed E-state index contributed by atoms with van der Waals surface area (Å²) < 4.78 is 1.04. The van der Waals surface area contributed by atoms with E-state index in [-0.39, 0.29) is 0 Å².